The minimum atomic E-state index is -1.09. The van der Waals surface area contributed by atoms with Crippen molar-refractivity contribution in [3.63, 3.8) is 0 Å². The summed E-state index contributed by atoms with van der Waals surface area (Å²) in [7, 11) is 0. The number of carboxylic acids is 1. The molecule has 222 valence electrons. The van der Waals surface area contributed by atoms with Gasteiger partial charge in [-0.1, -0.05) is 25.1 Å². The lowest BCUT2D eigenvalue weighted by molar-refractivity contribution is -0.124. The van der Waals surface area contributed by atoms with Crippen LogP contribution in [0.3, 0.4) is 0 Å². The lowest BCUT2D eigenvalue weighted by Gasteiger charge is -2.38. The predicted molar refractivity (Wildman–Crippen MR) is 166 cm³/mol. The van der Waals surface area contributed by atoms with E-state index in [9.17, 15) is 23.9 Å². The van der Waals surface area contributed by atoms with Gasteiger partial charge in [-0.25, -0.2) is 14.2 Å². The van der Waals surface area contributed by atoms with E-state index in [-0.39, 0.29) is 35.1 Å². The predicted octanol–water partition coefficient (Wildman–Crippen LogP) is 7.77. The summed E-state index contributed by atoms with van der Waals surface area (Å²) in [4.78, 5) is 47.4. The number of aromatic carboxylic acids is 1. The quantitative estimate of drug-likeness (QED) is 0.253. The number of carbonyl (C=O) groups is 3. The number of para-hydroxylation sites is 2. The molecule has 9 heteroatoms. The zero-order chi connectivity index (χ0) is 29.8. The third kappa shape index (κ3) is 4.97. The molecule has 2 fully saturated rings. The minimum absolute atomic E-state index is 0.0333. The van der Waals surface area contributed by atoms with Crippen LogP contribution in [0.5, 0.6) is 0 Å². The number of benzene rings is 2. The van der Waals surface area contributed by atoms with Gasteiger partial charge in [0.25, 0.3) is 0 Å². The maximum Gasteiger partial charge on any atom is 0.348 e. The smallest absolute Gasteiger partial charge is 0.348 e. The number of hydrogen-bond donors (Lipinski definition) is 1. The first-order chi connectivity index (χ1) is 20.8. The lowest BCUT2D eigenvalue weighted by Crippen LogP contribution is -2.46. The first-order valence-corrected chi connectivity index (χ1v) is 16.1. The average molecular weight is 600 g/mol. The van der Waals surface area contributed by atoms with Crippen LogP contribution < -0.4 is 4.90 Å². The number of fused-ring (bicyclic) bond motifs is 5. The normalized spacial score (nSPS) is 23.5. The van der Waals surface area contributed by atoms with Crippen molar-refractivity contribution in [2.45, 2.75) is 77.0 Å². The van der Waals surface area contributed by atoms with E-state index in [0.717, 1.165) is 65.0 Å². The van der Waals surface area contributed by atoms with Gasteiger partial charge in [0.1, 0.15) is 16.9 Å². The summed E-state index contributed by atoms with van der Waals surface area (Å²) in [5.74, 6) is -0.0183. The van der Waals surface area contributed by atoms with Crippen LogP contribution in [0.1, 0.15) is 78.3 Å². The van der Waals surface area contributed by atoms with Crippen molar-refractivity contribution < 1.29 is 23.9 Å². The summed E-state index contributed by atoms with van der Waals surface area (Å²) in [6.45, 7) is 2.38. The Hall–Kier alpha value is -3.85. The highest BCUT2D eigenvalue weighted by Gasteiger charge is 2.38. The van der Waals surface area contributed by atoms with Gasteiger partial charge in [0.15, 0.2) is 5.78 Å². The number of carbonyl (C=O) groups excluding carboxylic acids is 2. The molecule has 7 rings (SSSR count). The van der Waals surface area contributed by atoms with Crippen molar-refractivity contribution in [3.05, 3.63) is 59.0 Å². The summed E-state index contributed by atoms with van der Waals surface area (Å²) in [6.07, 6.45) is 4.38. The van der Waals surface area contributed by atoms with Gasteiger partial charge in [-0.05, 0) is 93.2 Å². The van der Waals surface area contributed by atoms with Crippen LogP contribution in [-0.2, 0) is 11.3 Å². The Morgan fingerprint density at radius 2 is 1.72 bits per heavy atom. The average Bonchev–Trinajstić information content (AvgIpc) is 3.61. The molecule has 2 aromatic heterocycles. The number of rotatable bonds is 5. The Kier molecular flexibility index (Phi) is 7.16. The number of nitrogens with zero attached hydrogens (tertiary/aromatic N) is 3. The monoisotopic (exact) mass is 599 g/mol. The molecule has 4 aromatic rings. The Balaban J connectivity index is 1.29. The molecule has 1 aliphatic heterocycles. The molecule has 3 heterocycles. The summed E-state index contributed by atoms with van der Waals surface area (Å²) >= 11 is 1.12. The first-order valence-electron chi connectivity index (χ1n) is 15.3. The van der Waals surface area contributed by atoms with Crippen LogP contribution >= 0.6 is 11.3 Å². The Morgan fingerprint density at radius 1 is 0.977 bits per heavy atom. The molecule has 1 N–H and O–H groups in total. The maximum absolute atomic E-state index is 14.1. The molecule has 3 aliphatic rings. The van der Waals surface area contributed by atoms with Crippen LogP contribution in [-0.4, -0.2) is 44.5 Å². The Morgan fingerprint density at radius 3 is 2.47 bits per heavy atom. The van der Waals surface area contributed by atoms with E-state index in [0.29, 0.717) is 47.7 Å². The molecule has 2 saturated carbocycles. The van der Waals surface area contributed by atoms with Gasteiger partial charge in [0, 0.05) is 28.0 Å². The van der Waals surface area contributed by atoms with Gasteiger partial charge in [-0.3, -0.25) is 9.59 Å². The molecule has 2 aromatic carbocycles. The van der Waals surface area contributed by atoms with Crippen LogP contribution in [0.25, 0.3) is 32.9 Å². The molecule has 0 bridgehead atoms. The van der Waals surface area contributed by atoms with Crippen molar-refractivity contribution in [3.8, 4) is 21.8 Å². The second-order valence-electron chi connectivity index (χ2n) is 12.4. The third-order valence-electron chi connectivity index (χ3n) is 9.56. The van der Waals surface area contributed by atoms with Gasteiger partial charge in [-0.2, -0.15) is 0 Å². The van der Waals surface area contributed by atoms with Crippen molar-refractivity contribution in [2.24, 2.45) is 11.8 Å². The van der Waals surface area contributed by atoms with Gasteiger partial charge in [0.05, 0.1) is 23.3 Å². The van der Waals surface area contributed by atoms with Crippen LogP contribution in [0.15, 0.2) is 48.5 Å². The molecule has 0 spiro atoms. The second-order valence-corrected chi connectivity index (χ2v) is 13.4. The second kappa shape index (κ2) is 11.0. The van der Waals surface area contributed by atoms with Crippen molar-refractivity contribution >= 4 is 45.7 Å². The number of aromatic nitrogens is 2. The summed E-state index contributed by atoms with van der Waals surface area (Å²) in [5, 5.41) is 10.3. The molecular weight excluding hydrogens is 565 g/mol. The molecule has 0 unspecified atom stereocenters. The largest absolute Gasteiger partial charge is 0.477 e. The Labute approximate surface area is 253 Å². The fourth-order valence-corrected chi connectivity index (χ4v) is 8.13. The Bertz CT molecular complexity index is 1740. The topological polar surface area (TPSA) is 92.5 Å². The number of anilines is 1. The highest BCUT2D eigenvalue weighted by atomic mass is 32.1. The van der Waals surface area contributed by atoms with Gasteiger partial charge < -0.3 is 14.6 Å². The maximum atomic E-state index is 14.1. The number of imidazole rings is 1. The first kappa shape index (κ1) is 28.0. The fourth-order valence-electron chi connectivity index (χ4n) is 7.14. The summed E-state index contributed by atoms with van der Waals surface area (Å²) in [6, 6.07) is 14.9. The number of amides is 1. The number of thiophene rings is 1. The number of carboxylic acid groups (broad SMARTS) is 1. The van der Waals surface area contributed by atoms with E-state index in [1.807, 2.05) is 47.0 Å². The number of hydrogen-bond acceptors (Lipinski definition) is 5. The lowest BCUT2D eigenvalue weighted by atomic mass is 9.81. The SMILES string of the molecule is CC1CCC(C(=O)N(c2cc(-c3ccc4c(c3)C(=O)Cn3c-4nc4ccccc43)sc2C(=O)O)C2CCC(F)CC2)CC1. The van der Waals surface area contributed by atoms with Crippen molar-refractivity contribution in [1.82, 2.24) is 9.55 Å². The number of halogens is 1. The van der Waals surface area contributed by atoms with Gasteiger partial charge in [-0.15, -0.1) is 11.3 Å². The summed E-state index contributed by atoms with van der Waals surface area (Å²) in [5.41, 5.74) is 4.16. The van der Waals surface area contributed by atoms with Crippen LogP contribution in [0.2, 0.25) is 0 Å². The number of Topliss-reactive ketones (excluding diaryl/α,β-unsaturated/α-hetero) is 1. The standard InChI is InChI=1S/C34H34FN3O4S/c1-19-6-8-20(9-7-19)33(40)38(23-13-11-22(35)12-14-23)28-17-30(43-31(28)34(41)42)21-10-15-24-25(16-21)29(39)18-37-27-5-3-2-4-26(27)36-32(24)37/h2-5,10,15-17,19-20,22-23H,6-9,11-14,18H2,1H3,(H,41,42). The van der Waals surface area contributed by atoms with Crippen LogP contribution in [0.4, 0.5) is 10.1 Å². The zero-order valence-corrected chi connectivity index (χ0v) is 24.9. The van der Waals surface area contributed by atoms with E-state index < -0.39 is 12.1 Å². The molecule has 7 nitrogen and oxygen atoms in total. The molecule has 0 saturated heterocycles. The number of ketones is 1. The van der Waals surface area contributed by atoms with Crippen molar-refractivity contribution in [2.75, 3.05) is 4.90 Å². The van der Waals surface area contributed by atoms with E-state index in [2.05, 4.69) is 6.92 Å². The molecule has 0 atom stereocenters. The van der Waals surface area contributed by atoms with Gasteiger partial charge in [0.2, 0.25) is 5.91 Å². The molecule has 1 amide bonds. The molecule has 0 radical (unpaired) electrons. The van der Waals surface area contributed by atoms with E-state index in [4.69, 9.17) is 4.98 Å². The van der Waals surface area contributed by atoms with E-state index in [1.54, 1.807) is 11.0 Å². The van der Waals surface area contributed by atoms with E-state index >= 15 is 0 Å². The minimum Gasteiger partial charge on any atom is -0.477 e. The fraction of sp³-hybridized carbons (Fsp3) is 0.412. The molecule has 2 aliphatic carbocycles. The highest BCUT2D eigenvalue weighted by Crippen LogP contribution is 2.43. The highest BCUT2D eigenvalue weighted by molar-refractivity contribution is 7.18. The summed E-state index contributed by atoms with van der Waals surface area (Å²) < 4.78 is 16.1. The van der Waals surface area contributed by atoms with Gasteiger partial charge >= 0.3 is 5.97 Å². The number of alkyl halides is 1. The molecule has 43 heavy (non-hydrogen) atoms. The van der Waals surface area contributed by atoms with Crippen LogP contribution in [0, 0.1) is 11.8 Å². The zero-order valence-electron chi connectivity index (χ0n) is 24.1. The van der Waals surface area contributed by atoms with Crippen molar-refractivity contribution in [1.29, 1.82) is 0 Å². The van der Waals surface area contributed by atoms with E-state index in [1.165, 1.54) is 0 Å². The molecular formula is C34H34FN3O4S. The third-order valence-corrected chi connectivity index (χ3v) is 10.7.